The zero-order valence-corrected chi connectivity index (χ0v) is 27.1. The largest absolute Gasteiger partial charge is 0.493 e. The van der Waals surface area contributed by atoms with Crippen molar-refractivity contribution in [3.05, 3.63) is 153 Å². The molecule has 6 nitrogen and oxygen atoms in total. The van der Waals surface area contributed by atoms with E-state index in [0.717, 1.165) is 49.9 Å². The van der Waals surface area contributed by atoms with Gasteiger partial charge in [-0.25, -0.2) is 9.38 Å². The van der Waals surface area contributed by atoms with Gasteiger partial charge in [0.25, 0.3) is 5.56 Å². The molecular formula is C36H25FIN3O3S. The third-order valence-electron chi connectivity index (χ3n) is 8.12. The molecule has 222 valence electrons. The van der Waals surface area contributed by atoms with Gasteiger partial charge in [-0.2, -0.15) is 5.26 Å². The van der Waals surface area contributed by atoms with Crippen molar-refractivity contribution in [3.63, 3.8) is 0 Å². The van der Waals surface area contributed by atoms with Gasteiger partial charge < -0.3 is 9.47 Å². The van der Waals surface area contributed by atoms with Crippen LogP contribution in [0.4, 0.5) is 4.39 Å². The minimum atomic E-state index is -0.380. The van der Waals surface area contributed by atoms with Gasteiger partial charge in [-0.1, -0.05) is 65.9 Å². The molecule has 45 heavy (non-hydrogen) atoms. The van der Waals surface area contributed by atoms with E-state index < -0.39 is 0 Å². The highest BCUT2D eigenvalue weighted by Crippen LogP contribution is 2.41. The third kappa shape index (κ3) is 5.38. The molecule has 1 aromatic heterocycles. The third-order valence-corrected chi connectivity index (χ3v) is 9.90. The zero-order chi connectivity index (χ0) is 31.1. The lowest BCUT2D eigenvalue weighted by atomic mass is 9.83. The molecular weight excluding hydrogens is 700 g/mol. The number of methoxy groups -OCH3 is 1. The molecule has 0 amide bonds. The van der Waals surface area contributed by atoms with E-state index >= 15 is 0 Å². The van der Waals surface area contributed by atoms with Crippen LogP contribution < -0.4 is 24.4 Å². The highest BCUT2D eigenvalue weighted by molar-refractivity contribution is 14.1. The lowest BCUT2D eigenvalue weighted by Gasteiger charge is -2.30. The van der Waals surface area contributed by atoms with E-state index in [9.17, 15) is 14.4 Å². The maximum Gasteiger partial charge on any atom is 0.271 e. The Hall–Kier alpha value is -4.53. The number of hydrogen-bond acceptors (Lipinski definition) is 6. The average molecular weight is 726 g/mol. The summed E-state index contributed by atoms with van der Waals surface area (Å²) < 4.78 is 28.9. The van der Waals surface area contributed by atoms with Crippen LogP contribution in [0.5, 0.6) is 11.5 Å². The molecule has 0 radical (unpaired) electrons. The fraction of sp³-hybridized carbons (Fsp3) is 0.139. The molecule has 1 atom stereocenters. The Balaban J connectivity index is 1.32. The number of nitriles is 1. The number of hydrogen-bond donors (Lipinski definition) is 0. The molecule has 1 aliphatic heterocycles. The number of fused-ring (bicyclic) bond motifs is 3. The first-order chi connectivity index (χ1) is 21.9. The van der Waals surface area contributed by atoms with E-state index in [1.165, 1.54) is 29.0 Å². The van der Waals surface area contributed by atoms with Crippen LogP contribution in [-0.2, 0) is 13.0 Å². The van der Waals surface area contributed by atoms with Gasteiger partial charge in [-0.3, -0.25) is 9.36 Å². The second-order valence-electron chi connectivity index (χ2n) is 10.8. The van der Waals surface area contributed by atoms with Gasteiger partial charge in [0, 0.05) is 11.1 Å². The summed E-state index contributed by atoms with van der Waals surface area (Å²) in [6.07, 6.45) is 3.46. The van der Waals surface area contributed by atoms with E-state index in [1.54, 1.807) is 29.9 Å². The number of halogens is 2. The van der Waals surface area contributed by atoms with Gasteiger partial charge >= 0.3 is 0 Å². The smallest absolute Gasteiger partial charge is 0.271 e. The molecule has 0 saturated carbocycles. The first-order valence-corrected chi connectivity index (χ1v) is 16.2. The van der Waals surface area contributed by atoms with E-state index in [2.05, 4.69) is 40.8 Å². The van der Waals surface area contributed by atoms with E-state index in [0.29, 0.717) is 26.4 Å². The van der Waals surface area contributed by atoms with Crippen LogP contribution in [0.15, 0.2) is 100 Å². The topological polar surface area (TPSA) is 76.6 Å². The maximum absolute atomic E-state index is 14.1. The van der Waals surface area contributed by atoms with Gasteiger partial charge in [0.2, 0.25) is 0 Å². The fourth-order valence-electron chi connectivity index (χ4n) is 5.99. The summed E-state index contributed by atoms with van der Waals surface area (Å²) in [4.78, 5) is 19.8. The molecule has 2 aliphatic rings. The summed E-state index contributed by atoms with van der Waals surface area (Å²) in [5.74, 6) is 0.762. The first-order valence-electron chi connectivity index (χ1n) is 14.3. The average Bonchev–Trinajstić information content (AvgIpc) is 3.37. The first kappa shape index (κ1) is 29.2. The summed E-state index contributed by atoms with van der Waals surface area (Å²) in [5, 5.41) is 9.44. The minimum absolute atomic E-state index is 0.152. The predicted molar refractivity (Wildman–Crippen MR) is 180 cm³/mol. The molecule has 0 fully saturated rings. The van der Waals surface area contributed by atoms with Crippen LogP contribution in [0.25, 0.3) is 11.8 Å². The molecule has 0 saturated heterocycles. The number of nitrogens with zero attached hydrogens (tertiary/aromatic N) is 3. The van der Waals surface area contributed by atoms with Crippen molar-refractivity contribution in [1.29, 1.82) is 5.26 Å². The van der Waals surface area contributed by atoms with Crippen LogP contribution in [0.3, 0.4) is 0 Å². The van der Waals surface area contributed by atoms with Crippen LogP contribution in [0.2, 0.25) is 0 Å². The van der Waals surface area contributed by atoms with E-state index in [1.807, 2.05) is 48.5 Å². The monoisotopic (exact) mass is 725 g/mol. The van der Waals surface area contributed by atoms with Crippen molar-refractivity contribution in [1.82, 2.24) is 4.57 Å². The van der Waals surface area contributed by atoms with Crippen LogP contribution in [0.1, 0.15) is 45.8 Å². The number of ether oxygens (including phenoxy) is 2. The molecule has 0 unspecified atom stereocenters. The second-order valence-corrected chi connectivity index (χ2v) is 12.9. The molecule has 2 heterocycles. The summed E-state index contributed by atoms with van der Waals surface area (Å²) in [7, 11) is 1.57. The van der Waals surface area contributed by atoms with E-state index in [4.69, 9.17) is 14.5 Å². The quantitative estimate of drug-likeness (QED) is 0.187. The van der Waals surface area contributed by atoms with Crippen molar-refractivity contribution in [2.24, 2.45) is 4.99 Å². The van der Waals surface area contributed by atoms with Crippen molar-refractivity contribution in [2.75, 3.05) is 7.11 Å². The number of aryl methyl sites for hydroxylation is 1. The highest BCUT2D eigenvalue weighted by Gasteiger charge is 2.32. The molecule has 9 heteroatoms. The summed E-state index contributed by atoms with van der Waals surface area (Å²) in [6, 6.07) is 27.6. The Bertz CT molecular complexity index is 2230. The number of allylic oxidation sites excluding steroid dienone is 1. The van der Waals surface area contributed by atoms with E-state index in [-0.39, 0.29) is 24.0 Å². The summed E-state index contributed by atoms with van der Waals surface area (Å²) in [5.41, 5.74) is 7.09. The molecule has 0 N–H and O–H groups in total. The Morgan fingerprint density at radius 1 is 1.09 bits per heavy atom. The Morgan fingerprint density at radius 3 is 2.67 bits per heavy atom. The van der Waals surface area contributed by atoms with Gasteiger partial charge in [0.1, 0.15) is 12.4 Å². The Morgan fingerprint density at radius 2 is 1.87 bits per heavy atom. The van der Waals surface area contributed by atoms with Gasteiger partial charge in [-0.15, -0.1) is 0 Å². The number of benzene rings is 4. The molecule has 5 aromatic rings. The summed E-state index contributed by atoms with van der Waals surface area (Å²) >= 11 is 3.53. The molecule has 0 spiro atoms. The van der Waals surface area contributed by atoms with Crippen LogP contribution in [-0.4, -0.2) is 11.7 Å². The maximum atomic E-state index is 14.1. The number of aromatic nitrogens is 1. The fourth-order valence-corrected chi connectivity index (χ4v) is 7.77. The minimum Gasteiger partial charge on any atom is -0.493 e. The summed E-state index contributed by atoms with van der Waals surface area (Å²) in [6.45, 7) is 0.214. The molecule has 1 aliphatic carbocycles. The number of thiazole rings is 1. The van der Waals surface area contributed by atoms with Gasteiger partial charge in [-0.05, 0) is 94.1 Å². The molecule has 0 bridgehead atoms. The van der Waals surface area contributed by atoms with Crippen LogP contribution >= 0.6 is 33.9 Å². The SMILES string of the molecule is COc1cc(/C=c2/sc3n(c2=O)[C@H](c2ccc(F)cc2)C2=C(N=3)c3ccccc3CC2)cc(I)c1OCc1ccccc1C#N. The van der Waals surface area contributed by atoms with Gasteiger partial charge in [0.15, 0.2) is 16.3 Å². The second kappa shape index (κ2) is 12.1. The standard InChI is InChI=1S/C36H25FIN3O3S/c1-43-30-17-21(16-29(38)34(30)44-20-25-8-3-2-7-24(25)19-39)18-31-35(42)41-33(23-10-13-26(37)14-11-23)28-15-12-22-6-4-5-9-27(22)32(28)40-36(41)45-31/h2-11,13-14,16-18,33H,12,15,20H2,1H3/b31-18+/t33-/m1/s1. The van der Waals surface area contributed by atoms with Crippen molar-refractivity contribution >= 4 is 45.7 Å². The highest BCUT2D eigenvalue weighted by atomic mass is 127. The van der Waals surface area contributed by atoms with Crippen LogP contribution in [0, 0.1) is 20.7 Å². The lowest BCUT2D eigenvalue weighted by molar-refractivity contribution is 0.282. The Labute approximate surface area is 276 Å². The molecule has 7 rings (SSSR count). The number of rotatable bonds is 6. The lowest BCUT2D eigenvalue weighted by Crippen LogP contribution is -2.38. The zero-order valence-electron chi connectivity index (χ0n) is 24.1. The molecule has 4 aromatic carbocycles. The van der Waals surface area contributed by atoms with Crippen molar-refractivity contribution < 1.29 is 13.9 Å². The Kier molecular flexibility index (Phi) is 7.85. The predicted octanol–water partition coefficient (Wildman–Crippen LogP) is 6.52. The normalized spacial score (nSPS) is 15.4. The van der Waals surface area contributed by atoms with Crippen molar-refractivity contribution in [2.45, 2.75) is 25.5 Å². The van der Waals surface area contributed by atoms with Gasteiger partial charge in [0.05, 0.1) is 38.6 Å². The van der Waals surface area contributed by atoms with Crippen molar-refractivity contribution in [3.8, 4) is 17.6 Å².